The number of hydrogen-bond acceptors (Lipinski definition) is 6. The second-order valence-corrected chi connectivity index (χ2v) is 8.89. The summed E-state index contributed by atoms with van der Waals surface area (Å²) in [5, 5.41) is 0. The number of hydrogen-bond donors (Lipinski definition) is 1. The van der Waals surface area contributed by atoms with Gasteiger partial charge in [-0.1, -0.05) is 35.6 Å². The first-order valence-corrected chi connectivity index (χ1v) is 10.6. The van der Waals surface area contributed by atoms with Crippen LogP contribution in [0.4, 0.5) is 5.69 Å². The summed E-state index contributed by atoms with van der Waals surface area (Å²) in [6.07, 6.45) is 0. The van der Waals surface area contributed by atoms with Crippen molar-refractivity contribution >= 4 is 48.0 Å². The van der Waals surface area contributed by atoms with Gasteiger partial charge in [0, 0.05) is 11.3 Å². The van der Waals surface area contributed by atoms with E-state index in [1.165, 1.54) is 41.7 Å². The van der Waals surface area contributed by atoms with Crippen molar-refractivity contribution in [2.45, 2.75) is 18.7 Å². The Balaban J connectivity index is 1.90. The van der Waals surface area contributed by atoms with E-state index < -0.39 is 20.5 Å². The summed E-state index contributed by atoms with van der Waals surface area (Å²) in [4.78, 5) is 29.0. The van der Waals surface area contributed by atoms with Crippen LogP contribution in [0.15, 0.2) is 58.2 Å². The predicted octanol–water partition coefficient (Wildman–Crippen LogP) is 3.22. The number of nitrogens with one attached hydrogen (secondary N) is 1. The first kappa shape index (κ1) is 18.3. The van der Waals surface area contributed by atoms with Gasteiger partial charge in [0.05, 0.1) is 15.9 Å². The van der Waals surface area contributed by atoms with Crippen molar-refractivity contribution in [2.75, 3.05) is 4.72 Å². The fourth-order valence-corrected chi connectivity index (χ4v) is 5.37. The largest absolute Gasteiger partial charge is 0.295 e. The van der Waals surface area contributed by atoms with Crippen LogP contribution >= 0.6 is 11.3 Å². The number of sulfonamides is 1. The molecule has 0 fully saturated rings. The third-order valence-corrected chi connectivity index (χ3v) is 6.81. The molecule has 4 aromatic rings. The average Bonchev–Trinajstić information content (AvgIpc) is 2.99. The Labute approximate surface area is 164 Å². The molecule has 7 nitrogen and oxygen atoms in total. The minimum absolute atomic E-state index is 0.117. The van der Waals surface area contributed by atoms with Gasteiger partial charge in [-0.3, -0.25) is 14.3 Å². The normalized spacial score (nSPS) is 11.8. The summed E-state index contributed by atoms with van der Waals surface area (Å²) in [6, 6.07) is 13.3. The highest BCUT2D eigenvalue weighted by atomic mass is 32.2. The molecule has 2 heterocycles. The van der Waals surface area contributed by atoms with Crippen molar-refractivity contribution in [3.8, 4) is 0 Å². The monoisotopic (exact) mass is 413 g/mol. The molecule has 0 saturated carbocycles. The van der Waals surface area contributed by atoms with Crippen LogP contribution in [0.3, 0.4) is 0 Å². The van der Waals surface area contributed by atoms with Crippen LogP contribution in [0.2, 0.25) is 0 Å². The van der Waals surface area contributed by atoms with Gasteiger partial charge in [0.15, 0.2) is 15.6 Å². The van der Waals surface area contributed by atoms with E-state index in [-0.39, 0.29) is 17.2 Å². The van der Waals surface area contributed by atoms with E-state index >= 15 is 0 Å². The highest BCUT2D eigenvalue weighted by Gasteiger charge is 2.25. The zero-order chi connectivity index (χ0) is 20.1. The summed E-state index contributed by atoms with van der Waals surface area (Å²) in [5.74, 6) is -0.190. The molecule has 0 atom stereocenters. The first-order chi connectivity index (χ1) is 13.3. The number of anilines is 1. The number of ketones is 1. The van der Waals surface area contributed by atoms with Gasteiger partial charge in [-0.15, -0.1) is 0 Å². The van der Waals surface area contributed by atoms with Gasteiger partial charge in [0.25, 0.3) is 15.6 Å². The van der Waals surface area contributed by atoms with Crippen LogP contribution in [0.1, 0.15) is 23.0 Å². The quantitative estimate of drug-likeness (QED) is 0.518. The number of rotatable bonds is 4. The lowest BCUT2D eigenvalue weighted by Gasteiger charge is -2.10. The van der Waals surface area contributed by atoms with E-state index in [2.05, 4.69) is 9.71 Å². The highest BCUT2D eigenvalue weighted by molar-refractivity contribution is 7.92. The van der Waals surface area contributed by atoms with Crippen LogP contribution < -0.4 is 10.3 Å². The fourth-order valence-electron chi connectivity index (χ4n) is 3.01. The predicted molar refractivity (Wildman–Crippen MR) is 109 cm³/mol. The third kappa shape index (κ3) is 2.98. The van der Waals surface area contributed by atoms with E-state index in [4.69, 9.17) is 0 Å². The average molecular weight is 413 g/mol. The maximum absolute atomic E-state index is 13.1. The molecule has 0 aliphatic rings. The molecule has 0 spiro atoms. The van der Waals surface area contributed by atoms with Gasteiger partial charge in [-0.05, 0) is 38.1 Å². The van der Waals surface area contributed by atoms with Crippen LogP contribution in [-0.4, -0.2) is 23.6 Å². The molecule has 9 heteroatoms. The minimum Gasteiger partial charge on any atom is -0.295 e. The smallest absolute Gasteiger partial charge is 0.280 e. The summed E-state index contributed by atoms with van der Waals surface area (Å²) in [6.45, 7) is 2.88. The number of Topliss-reactive ketones (excluding diaryl/α,β-unsaturated/α-hetero) is 1. The number of nitrogens with zero attached hydrogens (tertiary/aromatic N) is 2. The van der Waals surface area contributed by atoms with Crippen LogP contribution in [0.5, 0.6) is 0 Å². The Bertz CT molecular complexity index is 1420. The van der Waals surface area contributed by atoms with Crippen LogP contribution in [-0.2, 0) is 10.0 Å². The summed E-state index contributed by atoms with van der Waals surface area (Å²) in [5.41, 5.74) is 0.634. The van der Waals surface area contributed by atoms with Gasteiger partial charge in [0.2, 0.25) is 0 Å². The highest BCUT2D eigenvalue weighted by Crippen LogP contribution is 2.25. The Morgan fingerprint density at radius 3 is 2.64 bits per heavy atom. The number of aromatic nitrogens is 2. The summed E-state index contributed by atoms with van der Waals surface area (Å²) >= 11 is 1.32. The molecule has 0 saturated heterocycles. The minimum atomic E-state index is -4.21. The van der Waals surface area contributed by atoms with Crippen molar-refractivity contribution in [1.82, 2.24) is 9.38 Å². The fraction of sp³-hybridized carbons (Fsp3) is 0.105. The molecular weight excluding hydrogens is 398 g/mol. The maximum Gasteiger partial charge on any atom is 0.280 e. The topological polar surface area (TPSA) is 97.6 Å². The Morgan fingerprint density at radius 2 is 1.89 bits per heavy atom. The number of thiazole rings is 1. The van der Waals surface area contributed by atoms with Gasteiger partial charge in [-0.25, -0.2) is 17.8 Å². The zero-order valence-electron chi connectivity index (χ0n) is 15.0. The lowest BCUT2D eigenvalue weighted by molar-refractivity contribution is 0.101. The molecule has 0 radical (unpaired) electrons. The van der Waals surface area contributed by atoms with Crippen molar-refractivity contribution in [2.24, 2.45) is 0 Å². The van der Waals surface area contributed by atoms with Crippen LogP contribution in [0, 0.1) is 6.92 Å². The molecule has 0 unspecified atom stereocenters. The van der Waals surface area contributed by atoms with Gasteiger partial charge in [-0.2, -0.15) is 0 Å². The molecule has 0 amide bonds. The molecule has 0 bridgehead atoms. The van der Waals surface area contributed by atoms with Crippen molar-refractivity contribution in [3.63, 3.8) is 0 Å². The van der Waals surface area contributed by atoms with E-state index in [1.807, 2.05) is 12.1 Å². The second kappa shape index (κ2) is 6.54. The number of fused-ring (bicyclic) bond motifs is 3. The standard InChI is InChI=1S/C19H15N3O4S2/c1-11-17(28(25,26)21-14-7-5-6-13(10-14)12(2)23)18(24)22-15-8-3-4-9-16(15)27-19(22)20-11/h3-10,21H,1-2H3. The molecule has 0 aliphatic heterocycles. The molecule has 1 N–H and O–H groups in total. The van der Waals surface area contributed by atoms with Crippen LogP contribution in [0.25, 0.3) is 15.2 Å². The number of aryl methyl sites for hydroxylation is 1. The molecule has 0 aliphatic carbocycles. The molecule has 2 aromatic carbocycles. The van der Waals surface area contributed by atoms with E-state index in [0.29, 0.717) is 16.0 Å². The summed E-state index contributed by atoms with van der Waals surface area (Å²) in [7, 11) is -4.21. The van der Waals surface area contributed by atoms with E-state index in [1.54, 1.807) is 24.3 Å². The molecule has 142 valence electrons. The van der Waals surface area contributed by atoms with E-state index in [0.717, 1.165) is 4.70 Å². The van der Waals surface area contributed by atoms with Crippen molar-refractivity contribution in [1.29, 1.82) is 0 Å². The number of carbonyl (C=O) groups is 1. The number of benzene rings is 2. The summed E-state index contributed by atoms with van der Waals surface area (Å²) < 4.78 is 30.5. The lowest BCUT2D eigenvalue weighted by Crippen LogP contribution is -2.27. The Morgan fingerprint density at radius 1 is 1.14 bits per heavy atom. The molecular formula is C19H15N3O4S2. The Hall–Kier alpha value is -3.04. The van der Waals surface area contributed by atoms with Crippen molar-refractivity contribution in [3.05, 3.63) is 70.1 Å². The number of carbonyl (C=O) groups excluding carboxylic acids is 1. The zero-order valence-corrected chi connectivity index (χ0v) is 16.6. The van der Waals surface area contributed by atoms with Gasteiger partial charge < -0.3 is 0 Å². The molecule has 2 aromatic heterocycles. The second-order valence-electron chi connectivity index (χ2n) is 6.26. The van der Waals surface area contributed by atoms with Gasteiger partial charge >= 0.3 is 0 Å². The molecule has 4 rings (SSSR count). The van der Waals surface area contributed by atoms with E-state index in [9.17, 15) is 18.0 Å². The Kier molecular flexibility index (Phi) is 4.28. The maximum atomic E-state index is 13.1. The van der Waals surface area contributed by atoms with Crippen molar-refractivity contribution < 1.29 is 13.2 Å². The first-order valence-electron chi connectivity index (χ1n) is 8.32. The molecule has 28 heavy (non-hydrogen) atoms. The lowest BCUT2D eigenvalue weighted by atomic mass is 10.1. The van der Waals surface area contributed by atoms with Gasteiger partial charge in [0.1, 0.15) is 0 Å². The third-order valence-electron chi connectivity index (χ3n) is 4.28. The number of para-hydroxylation sites is 1. The SMILES string of the molecule is CC(=O)c1cccc(NS(=O)(=O)c2c(C)nc3sc4ccccc4n3c2=O)c1.